The monoisotopic (exact) mass is 771 g/mol. The number of hydrogen-bond donors (Lipinski definition) is 0. The number of allylic oxidation sites excluding steroid dienone is 22. The summed E-state index contributed by atoms with van der Waals surface area (Å²) in [5, 5.41) is 0. The maximum atomic E-state index is 12.7. The van der Waals surface area contributed by atoms with Crippen LogP contribution in [0.5, 0.6) is 0 Å². The highest BCUT2D eigenvalue weighted by atomic mass is 16.6. The Morgan fingerprint density at radius 1 is 0.375 bits per heavy atom. The molecule has 56 heavy (non-hydrogen) atoms. The molecule has 0 fully saturated rings. The topological polar surface area (TPSA) is 78.9 Å². The molecule has 6 nitrogen and oxygen atoms in total. The highest BCUT2D eigenvalue weighted by Gasteiger charge is 2.19. The van der Waals surface area contributed by atoms with Crippen molar-refractivity contribution in [3.05, 3.63) is 134 Å². The third kappa shape index (κ3) is 40.7. The zero-order chi connectivity index (χ0) is 40.8. The molecule has 1 atom stereocenters. The van der Waals surface area contributed by atoms with Gasteiger partial charge in [-0.3, -0.25) is 14.4 Å². The molecule has 0 bridgehead atoms. The van der Waals surface area contributed by atoms with Crippen molar-refractivity contribution < 1.29 is 28.6 Å². The summed E-state index contributed by atoms with van der Waals surface area (Å²) in [6.45, 7) is 6.09. The van der Waals surface area contributed by atoms with E-state index in [1.165, 1.54) is 0 Å². The highest BCUT2D eigenvalue weighted by Crippen LogP contribution is 2.10. The van der Waals surface area contributed by atoms with Crippen LogP contribution < -0.4 is 0 Å². The van der Waals surface area contributed by atoms with Crippen LogP contribution in [0.3, 0.4) is 0 Å². The predicted octanol–water partition coefficient (Wildman–Crippen LogP) is 13.6. The van der Waals surface area contributed by atoms with E-state index in [0.717, 1.165) is 83.5 Å². The SMILES string of the molecule is CC\C=C/C=C\C=C/C=C\C=C\C=C/CCCCCC(=O)OCC(COC(=O)CCCC/C=C\C/C=C\CC)OC(=O)CCCC/C=C\C/C=C\C/C=C\CC. The number of rotatable bonds is 35. The summed E-state index contributed by atoms with van der Waals surface area (Å²) in [4.78, 5) is 37.6. The molecule has 6 heteroatoms. The van der Waals surface area contributed by atoms with E-state index in [2.05, 4.69) is 93.7 Å². The van der Waals surface area contributed by atoms with Gasteiger partial charge in [0.25, 0.3) is 0 Å². The van der Waals surface area contributed by atoms with Crippen molar-refractivity contribution in [1.29, 1.82) is 0 Å². The minimum Gasteiger partial charge on any atom is -0.462 e. The number of ether oxygens (including phenoxy) is 3. The molecule has 0 rings (SSSR count). The fraction of sp³-hybridized carbons (Fsp3) is 0.500. The summed E-state index contributed by atoms with van der Waals surface area (Å²) < 4.78 is 16.5. The van der Waals surface area contributed by atoms with Crippen LogP contribution in [0.15, 0.2) is 134 Å². The van der Waals surface area contributed by atoms with E-state index in [-0.39, 0.29) is 44.0 Å². The molecule has 310 valence electrons. The lowest BCUT2D eigenvalue weighted by Crippen LogP contribution is -2.30. The van der Waals surface area contributed by atoms with Gasteiger partial charge in [0.05, 0.1) is 0 Å². The number of carbonyl (C=O) groups is 3. The van der Waals surface area contributed by atoms with Gasteiger partial charge in [-0.05, 0) is 96.3 Å². The van der Waals surface area contributed by atoms with E-state index < -0.39 is 6.10 Å². The zero-order valence-corrected chi connectivity index (χ0v) is 35.1. The van der Waals surface area contributed by atoms with E-state index in [1.807, 2.05) is 60.8 Å². The van der Waals surface area contributed by atoms with Crippen LogP contribution in [0.25, 0.3) is 0 Å². The molecule has 0 N–H and O–H groups in total. The van der Waals surface area contributed by atoms with E-state index in [9.17, 15) is 14.4 Å². The molecular weight excluding hydrogens is 697 g/mol. The number of carbonyl (C=O) groups excluding carboxylic acids is 3. The Bertz CT molecular complexity index is 1300. The van der Waals surface area contributed by atoms with Gasteiger partial charge in [-0.1, -0.05) is 161 Å². The lowest BCUT2D eigenvalue weighted by atomic mass is 10.1. The molecule has 1 unspecified atom stereocenters. The molecule has 0 aliphatic rings. The van der Waals surface area contributed by atoms with Crippen LogP contribution >= 0.6 is 0 Å². The molecule has 0 amide bonds. The molecule has 0 aromatic heterocycles. The number of hydrogen-bond acceptors (Lipinski definition) is 6. The van der Waals surface area contributed by atoms with Crippen LogP contribution in [0.4, 0.5) is 0 Å². The van der Waals surface area contributed by atoms with Crippen LogP contribution in [0, 0.1) is 0 Å². The van der Waals surface area contributed by atoms with Crippen molar-refractivity contribution in [3.8, 4) is 0 Å². The summed E-state index contributed by atoms with van der Waals surface area (Å²) >= 11 is 0. The van der Waals surface area contributed by atoms with E-state index in [0.29, 0.717) is 25.7 Å². The van der Waals surface area contributed by atoms with Crippen LogP contribution in [-0.2, 0) is 28.6 Å². The van der Waals surface area contributed by atoms with Crippen molar-refractivity contribution >= 4 is 17.9 Å². The molecule has 0 aliphatic carbocycles. The number of unbranched alkanes of at least 4 members (excludes halogenated alkanes) is 7. The first-order chi connectivity index (χ1) is 27.5. The summed E-state index contributed by atoms with van der Waals surface area (Å²) in [7, 11) is 0. The molecule has 0 aliphatic heterocycles. The molecule has 0 saturated heterocycles. The van der Waals surface area contributed by atoms with Gasteiger partial charge < -0.3 is 14.2 Å². The molecule has 0 aromatic carbocycles. The Morgan fingerprint density at radius 3 is 1.21 bits per heavy atom. The lowest BCUT2D eigenvalue weighted by Gasteiger charge is -2.18. The fourth-order valence-corrected chi connectivity index (χ4v) is 4.93. The number of esters is 3. The summed E-state index contributed by atoms with van der Waals surface area (Å²) in [6, 6.07) is 0. The van der Waals surface area contributed by atoms with Crippen LogP contribution in [0.1, 0.15) is 143 Å². The van der Waals surface area contributed by atoms with Crippen LogP contribution in [-0.4, -0.2) is 37.2 Å². The maximum absolute atomic E-state index is 12.7. The smallest absolute Gasteiger partial charge is 0.306 e. The van der Waals surface area contributed by atoms with E-state index >= 15 is 0 Å². The zero-order valence-electron chi connectivity index (χ0n) is 35.1. The first-order valence-corrected chi connectivity index (χ1v) is 21.3. The third-order valence-electron chi connectivity index (χ3n) is 8.04. The van der Waals surface area contributed by atoms with Crippen molar-refractivity contribution in [1.82, 2.24) is 0 Å². The standard InChI is InChI=1S/C50H74O6/c1-4-7-10-13-16-19-21-23-24-25-26-27-29-31-34-37-40-43-49(52)55-46-47(45-54-48(51)42-39-36-33-30-18-15-12-9-6-3)56-50(53)44-41-38-35-32-28-22-20-17-14-11-8-5-2/h7-13,16-21,23-30,32,47H,4-6,14-15,22,31,33-46H2,1-3H3/b10-7-,11-8-,12-9-,16-13-,20-17-,21-19-,24-23-,26-25+,29-27-,30-18-,32-28-. The Hall–Kier alpha value is -4.45. The third-order valence-corrected chi connectivity index (χ3v) is 8.04. The van der Waals surface area contributed by atoms with E-state index in [4.69, 9.17) is 14.2 Å². The summed E-state index contributed by atoms with van der Waals surface area (Å²) in [6.07, 6.45) is 60.2. The van der Waals surface area contributed by atoms with Gasteiger partial charge in [0.2, 0.25) is 0 Å². The quantitative estimate of drug-likeness (QED) is 0.0210. The molecule has 0 saturated carbocycles. The largest absolute Gasteiger partial charge is 0.462 e. The van der Waals surface area contributed by atoms with Crippen molar-refractivity contribution in [3.63, 3.8) is 0 Å². The van der Waals surface area contributed by atoms with Gasteiger partial charge in [-0.25, -0.2) is 0 Å². The van der Waals surface area contributed by atoms with Crippen LogP contribution in [0.2, 0.25) is 0 Å². The average molecular weight is 771 g/mol. The molecule has 0 aromatic rings. The molecule has 0 spiro atoms. The van der Waals surface area contributed by atoms with E-state index in [1.54, 1.807) is 0 Å². The molecule has 0 heterocycles. The second kappa shape index (κ2) is 43.3. The summed E-state index contributed by atoms with van der Waals surface area (Å²) in [5.74, 6) is -1.07. The van der Waals surface area contributed by atoms with Gasteiger partial charge in [-0.15, -0.1) is 0 Å². The second-order valence-corrected chi connectivity index (χ2v) is 13.3. The molecule has 0 radical (unpaired) electrons. The Labute approximate surface area is 341 Å². The fourth-order valence-electron chi connectivity index (χ4n) is 4.93. The summed E-state index contributed by atoms with van der Waals surface area (Å²) in [5.41, 5.74) is 0. The minimum atomic E-state index is -0.831. The van der Waals surface area contributed by atoms with Gasteiger partial charge in [0.15, 0.2) is 6.10 Å². The van der Waals surface area contributed by atoms with Crippen molar-refractivity contribution in [2.75, 3.05) is 13.2 Å². The van der Waals surface area contributed by atoms with Crippen molar-refractivity contribution in [2.45, 2.75) is 149 Å². The predicted molar refractivity (Wildman–Crippen MR) is 237 cm³/mol. The van der Waals surface area contributed by atoms with Gasteiger partial charge in [0.1, 0.15) is 13.2 Å². The highest BCUT2D eigenvalue weighted by molar-refractivity contribution is 5.71. The normalized spacial score (nSPS) is 13.4. The lowest BCUT2D eigenvalue weighted by molar-refractivity contribution is -0.167. The first-order valence-electron chi connectivity index (χ1n) is 21.3. The first kappa shape index (κ1) is 51.5. The maximum Gasteiger partial charge on any atom is 0.306 e. The van der Waals surface area contributed by atoms with Crippen molar-refractivity contribution in [2.24, 2.45) is 0 Å². The Kier molecular flexibility index (Phi) is 39.8. The van der Waals surface area contributed by atoms with Gasteiger partial charge in [0, 0.05) is 19.3 Å². The minimum absolute atomic E-state index is 0.131. The average Bonchev–Trinajstić information content (AvgIpc) is 3.19. The molecular formula is C50H74O6. The van der Waals surface area contributed by atoms with Gasteiger partial charge >= 0.3 is 17.9 Å². The Balaban J connectivity index is 4.58. The second-order valence-electron chi connectivity index (χ2n) is 13.3. The Morgan fingerprint density at radius 2 is 0.732 bits per heavy atom. The van der Waals surface area contributed by atoms with Gasteiger partial charge in [-0.2, -0.15) is 0 Å².